The Balaban J connectivity index is 0.00000128. The molecule has 1 aliphatic rings. The summed E-state index contributed by atoms with van der Waals surface area (Å²) in [5.74, 6) is 0.646. The van der Waals surface area contributed by atoms with Gasteiger partial charge in [0.25, 0.3) is 0 Å². The van der Waals surface area contributed by atoms with Gasteiger partial charge < -0.3 is 14.8 Å². The SMILES string of the molecule is COc1cnc(OC2CCNCC2)nc1.Cl. The monoisotopic (exact) mass is 245 g/mol. The number of piperidine rings is 1. The van der Waals surface area contributed by atoms with Crippen LogP contribution in [0, 0.1) is 0 Å². The Morgan fingerprint density at radius 2 is 1.88 bits per heavy atom. The summed E-state index contributed by atoms with van der Waals surface area (Å²) in [6, 6.07) is 0.433. The van der Waals surface area contributed by atoms with Crippen LogP contribution >= 0.6 is 12.4 Å². The van der Waals surface area contributed by atoms with Crippen LogP contribution in [0.1, 0.15) is 12.8 Å². The summed E-state index contributed by atoms with van der Waals surface area (Å²) in [5, 5.41) is 3.28. The van der Waals surface area contributed by atoms with Gasteiger partial charge in [-0.25, -0.2) is 0 Å². The van der Waals surface area contributed by atoms with Crippen molar-refractivity contribution in [2.24, 2.45) is 0 Å². The van der Waals surface area contributed by atoms with Crippen molar-refractivity contribution in [3.05, 3.63) is 12.4 Å². The molecule has 0 aromatic carbocycles. The summed E-state index contributed by atoms with van der Waals surface area (Å²) >= 11 is 0. The molecule has 6 heteroatoms. The number of methoxy groups -OCH3 is 1. The van der Waals surface area contributed by atoms with Gasteiger partial charge in [-0.1, -0.05) is 0 Å². The number of aromatic nitrogens is 2. The predicted molar refractivity (Wildman–Crippen MR) is 62.4 cm³/mol. The Morgan fingerprint density at radius 3 is 2.44 bits per heavy atom. The van der Waals surface area contributed by atoms with Gasteiger partial charge in [0.2, 0.25) is 0 Å². The van der Waals surface area contributed by atoms with Gasteiger partial charge in [0, 0.05) is 0 Å². The summed E-state index contributed by atoms with van der Waals surface area (Å²) in [7, 11) is 1.59. The zero-order valence-corrected chi connectivity index (χ0v) is 10.00. The molecule has 5 nitrogen and oxygen atoms in total. The first-order valence-corrected chi connectivity index (χ1v) is 5.12. The van der Waals surface area contributed by atoms with E-state index in [1.165, 1.54) is 0 Å². The molecule has 0 radical (unpaired) electrons. The molecule has 0 atom stereocenters. The average molecular weight is 246 g/mol. The fourth-order valence-corrected chi connectivity index (χ4v) is 1.53. The van der Waals surface area contributed by atoms with Gasteiger partial charge in [-0.2, -0.15) is 9.97 Å². The molecular weight excluding hydrogens is 230 g/mol. The van der Waals surface area contributed by atoms with Gasteiger partial charge in [-0.05, 0) is 25.9 Å². The molecule has 1 N–H and O–H groups in total. The van der Waals surface area contributed by atoms with Crippen LogP contribution < -0.4 is 14.8 Å². The first-order valence-electron chi connectivity index (χ1n) is 5.12. The molecule has 1 fully saturated rings. The molecule has 0 unspecified atom stereocenters. The zero-order chi connectivity index (χ0) is 10.5. The van der Waals surface area contributed by atoms with Crippen LogP contribution in [0.4, 0.5) is 0 Å². The summed E-state index contributed by atoms with van der Waals surface area (Å²) in [6.45, 7) is 2.00. The van der Waals surface area contributed by atoms with Crippen molar-refractivity contribution in [2.75, 3.05) is 20.2 Å². The number of nitrogens with one attached hydrogen (secondary N) is 1. The highest BCUT2D eigenvalue weighted by atomic mass is 35.5. The summed E-state index contributed by atoms with van der Waals surface area (Å²) < 4.78 is 10.6. The third-order valence-corrected chi connectivity index (χ3v) is 2.40. The van der Waals surface area contributed by atoms with E-state index in [1.807, 2.05) is 0 Å². The molecular formula is C10H16ClN3O2. The normalized spacial score (nSPS) is 16.3. The predicted octanol–water partition coefficient (Wildman–Crippen LogP) is 1.04. The van der Waals surface area contributed by atoms with Crippen LogP contribution in [0.5, 0.6) is 11.8 Å². The molecule has 0 bridgehead atoms. The Kier molecular flexibility index (Phi) is 5.28. The Bertz CT molecular complexity index is 301. The fourth-order valence-electron chi connectivity index (χ4n) is 1.53. The first-order chi connectivity index (χ1) is 7.38. The largest absolute Gasteiger partial charge is 0.494 e. The Labute approximate surface area is 101 Å². The highest BCUT2D eigenvalue weighted by molar-refractivity contribution is 5.85. The summed E-state index contributed by atoms with van der Waals surface area (Å²) in [4.78, 5) is 8.13. The van der Waals surface area contributed by atoms with Crippen molar-refractivity contribution in [3.8, 4) is 11.8 Å². The number of hydrogen-bond donors (Lipinski definition) is 1. The lowest BCUT2D eigenvalue weighted by atomic mass is 10.1. The molecule has 0 spiro atoms. The lowest BCUT2D eigenvalue weighted by Gasteiger charge is -2.22. The Hall–Kier alpha value is -1.07. The van der Waals surface area contributed by atoms with Crippen molar-refractivity contribution < 1.29 is 9.47 Å². The quantitative estimate of drug-likeness (QED) is 0.862. The van der Waals surface area contributed by atoms with Gasteiger partial charge in [0.15, 0.2) is 5.75 Å². The van der Waals surface area contributed by atoms with E-state index in [4.69, 9.17) is 9.47 Å². The van der Waals surface area contributed by atoms with Gasteiger partial charge in [0.1, 0.15) is 6.10 Å². The van der Waals surface area contributed by atoms with E-state index in [0.717, 1.165) is 25.9 Å². The minimum atomic E-state index is 0. The van der Waals surface area contributed by atoms with Crippen LogP contribution in [-0.4, -0.2) is 36.3 Å². The van der Waals surface area contributed by atoms with E-state index in [1.54, 1.807) is 19.5 Å². The van der Waals surface area contributed by atoms with Crippen molar-refractivity contribution in [3.63, 3.8) is 0 Å². The van der Waals surface area contributed by atoms with E-state index in [0.29, 0.717) is 11.8 Å². The zero-order valence-electron chi connectivity index (χ0n) is 9.18. The molecule has 2 rings (SSSR count). The fraction of sp³-hybridized carbons (Fsp3) is 0.600. The number of ether oxygens (including phenoxy) is 2. The van der Waals surface area contributed by atoms with E-state index in [2.05, 4.69) is 15.3 Å². The second kappa shape index (κ2) is 6.50. The number of halogens is 1. The minimum absolute atomic E-state index is 0. The summed E-state index contributed by atoms with van der Waals surface area (Å²) in [6.07, 6.45) is 5.48. The summed E-state index contributed by atoms with van der Waals surface area (Å²) in [5.41, 5.74) is 0. The maximum Gasteiger partial charge on any atom is 0.316 e. The second-order valence-corrected chi connectivity index (χ2v) is 3.47. The first kappa shape index (κ1) is 13.0. The second-order valence-electron chi connectivity index (χ2n) is 3.47. The van der Waals surface area contributed by atoms with E-state index < -0.39 is 0 Å². The molecule has 1 saturated heterocycles. The smallest absolute Gasteiger partial charge is 0.316 e. The molecule has 0 aliphatic carbocycles. The molecule has 1 aromatic rings. The minimum Gasteiger partial charge on any atom is -0.494 e. The third kappa shape index (κ3) is 3.50. The number of nitrogens with zero attached hydrogens (tertiary/aromatic N) is 2. The maximum absolute atomic E-state index is 5.64. The Morgan fingerprint density at radius 1 is 1.25 bits per heavy atom. The van der Waals surface area contributed by atoms with Crippen LogP contribution in [0.3, 0.4) is 0 Å². The standard InChI is InChI=1S/C10H15N3O2.ClH/c1-14-9-6-12-10(13-7-9)15-8-2-4-11-5-3-8;/h6-8,11H,2-5H2,1H3;1H. The van der Waals surface area contributed by atoms with Crippen LogP contribution in [-0.2, 0) is 0 Å². The van der Waals surface area contributed by atoms with Crippen LogP contribution in [0.2, 0.25) is 0 Å². The van der Waals surface area contributed by atoms with Crippen LogP contribution in [0.15, 0.2) is 12.4 Å². The van der Waals surface area contributed by atoms with Gasteiger partial charge in [0.05, 0.1) is 19.5 Å². The van der Waals surface area contributed by atoms with Crippen molar-refractivity contribution in [1.29, 1.82) is 0 Å². The average Bonchev–Trinajstić information content (AvgIpc) is 2.31. The third-order valence-electron chi connectivity index (χ3n) is 2.40. The molecule has 90 valence electrons. The lowest BCUT2D eigenvalue weighted by molar-refractivity contribution is 0.148. The highest BCUT2D eigenvalue weighted by Gasteiger charge is 2.15. The number of hydrogen-bond acceptors (Lipinski definition) is 5. The van der Waals surface area contributed by atoms with Crippen molar-refractivity contribution in [1.82, 2.24) is 15.3 Å². The number of rotatable bonds is 3. The van der Waals surface area contributed by atoms with Crippen molar-refractivity contribution in [2.45, 2.75) is 18.9 Å². The molecule has 16 heavy (non-hydrogen) atoms. The maximum atomic E-state index is 5.64. The van der Waals surface area contributed by atoms with E-state index >= 15 is 0 Å². The molecule has 1 aromatic heterocycles. The van der Waals surface area contributed by atoms with Gasteiger partial charge in [-0.3, -0.25) is 0 Å². The molecule has 1 aliphatic heterocycles. The molecule has 0 amide bonds. The molecule has 0 saturated carbocycles. The lowest BCUT2D eigenvalue weighted by Crippen LogP contribution is -2.34. The van der Waals surface area contributed by atoms with Gasteiger partial charge in [-0.15, -0.1) is 12.4 Å². The van der Waals surface area contributed by atoms with E-state index in [9.17, 15) is 0 Å². The van der Waals surface area contributed by atoms with Crippen molar-refractivity contribution >= 4 is 12.4 Å². The molecule has 2 heterocycles. The van der Waals surface area contributed by atoms with Crippen LogP contribution in [0.25, 0.3) is 0 Å². The van der Waals surface area contributed by atoms with E-state index in [-0.39, 0.29) is 18.5 Å². The van der Waals surface area contributed by atoms with Gasteiger partial charge >= 0.3 is 6.01 Å². The highest BCUT2D eigenvalue weighted by Crippen LogP contribution is 2.13. The topological polar surface area (TPSA) is 56.3 Å².